The van der Waals surface area contributed by atoms with Crippen LogP contribution in [0.5, 0.6) is 0 Å². The molecular weight excluding hydrogens is 406 g/mol. The maximum Gasteiger partial charge on any atom is 0.251 e. The summed E-state index contributed by atoms with van der Waals surface area (Å²) in [6.07, 6.45) is 0.956. The van der Waals surface area contributed by atoms with Crippen LogP contribution in [0.4, 0.5) is 11.4 Å². The summed E-state index contributed by atoms with van der Waals surface area (Å²) in [7, 11) is 0. The van der Waals surface area contributed by atoms with Crippen LogP contribution in [0.3, 0.4) is 0 Å². The molecule has 0 radical (unpaired) electrons. The van der Waals surface area contributed by atoms with Crippen molar-refractivity contribution in [1.82, 2.24) is 15.5 Å². The van der Waals surface area contributed by atoms with E-state index in [1.165, 1.54) is 0 Å². The fraction of sp³-hybridized carbons (Fsp3) is 0.375. The van der Waals surface area contributed by atoms with E-state index in [4.69, 9.17) is 5.73 Å². The van der Waals surface area contributed by atoms with Gasteiger partial charge < -0.3 is 16.0 Å². The van der Waals surface area contributed by atoms with Gasteiger partial charge in [0.05, 0.1) is 5.92 Å². The number of hydrogen-bond acceptors (Lipinski definition) is 6. The van der Waals surface area contributed by atoms with Gasteiger partial charge in [-0.2, -0.15) is 0 Å². The number of imide groups is 1. The third-order valence-electron chi connectivity index (χ3n) is 6.16. The van der Waals surface area contributed by atoms with E-state index in [-0.39, 0.29) is 26.5 Å². The number of carbonyl (C=O) groups excluding carboxylic acids is 3. The largest absolute Gasteiger partial charge is 0.399 e. The Balaban J connectivity index is 0.00000204. The first-order chi connectivity index (χ1) is 15.5. The third kappa shape index (κ3) is 5.26. The Morgan fingerprint density at radius 3 is 2.38 bits per heavy atom. The van der Waals surface area contributed by atoms with Crippen molar-refractivity contribution in [3.63, 3.8) is 0 Å². The molecular formula is C24H33N5O3. The Hall–Kier alpha value is -3.39. The highest BCUT2D eigenvalue weighted by molar-refractivity contribution is 6.01. The van der Waals surface area contributed by atoms with Crippen LogP contribution in [-0.2, 0) is 9.59 Å². The number of anilines is 2. The molecule has 4 N–H and O–H groups in total. The van der Waals surface area contributed by atoms with Crippen LogP contribution in [0, 0.1) is 0 Å². The number of carbonyl (C=O) groups is 3. The number of benzene rings is 2. The molecule has 2 fully saturated rings. The Bertz CT molecular complexity index is 977. The molecule has 8 nitrogen and oxygen atoms in total. The van der Waals surface area contributed by atoms with Crippen LogP contribution < -0.4 is 21.3 Å². The first kappa shape index (κ1) is 21.8. The van der Waals surface area contributed by atoms with Crippen molar-refractivity contribution in [3.8, 4) is 0 Å². The van der Waals surface area contributed by atoms with E-state index in [2.05, 4.69) is 32.6 Å². The molecule has 0 saturated carbocycles. The van der Waals surface area contributed by atoms with Gasteiger partial charge in [-0.1, -0.05) is 12.1 Å². The lowest BCUT2D eigenvalue weighted by atomic mass is 9.90. The monoisotopic (exact) mass is 439 g/mol. The molecule has 0 spiro atoms. The zero-order valence-corrected chi connectivity index (χ0v) is 18.0. The van der Waals surface area contributed by atoms with Gasteiger partial charge in [0.1, 0.15) is 0 Å². The summed E-state index contributed by atoms with van der Waals surface area (Å²) in [4.78, 5) is 40.3. The van der Waals surface area contributed by atoms with Gasteiger partial charge >= 0.3 is 0 Å². The Kier molecular flexibility index (Phi) is 6.70. The summed E-state index contributed by atoms with van der Waals surface area (Å²) in [5, 5.41) is 5.38. The van der Waals surface area contributed by atoms with Gasteiger partial charge in [-0.25, -0.2) is 0 Å². The summed E-state index contributed by atoms with van der Waals surface area (Å²) in [5.41, 5.74) is 9.01. The highest BCUT2D eigenvalue weighted by Crippen LogP contribution is 2.27. The first-order valence-corrected chi connectivity index (χ1v) is 11.0. The fourth-order valence-electron chi connectivity index (χ4n) is 4.22. The summed E-state index contributed by atoms with van der Waals surface area (Å²) < 4.78 is 0. The topological polar surface area (TPSA) is 108 Å². The number of nitrogens with zero attached hydrogens (tertiary/aromatic N) is 2. The molecule has 2 saturated heterocycles. The maximum atomic E-state index is 12.2. The second-order valence-electron chi connectivity index (χ2n) is 8.30. The summed E-state index contributed by atoms with van der Waals surface area (Å²) in [5.74, 6) is -0.724. The molecule has 0 bridgehead atoms. The van der Waals surface area contributed by atoms with Crippen LogP contribution in [0.25, 0.3) is 0 Å². The van der Waals surface area contributed by atoms with Crippen molar-refractivity contribution in [2.75, 3.05) is 49.9 Å². The number of nitrogens with one attached hydrogen (secondary N) is 2. The fourth-order valence-corrected chi connectivity index (χ4v) is 4.22. The number of rotatable bonds is 6. The normalized spacial score (nSPS) is 19.5. The van der Waals surface area contributed by atoms with Gasteiger partial charge in [-0.05, 0) is 48.4 Å². The lowest BCUT2D eigenvalue weighted by Crippen LogP contribution is -2.48. The third-order valence-corrected chi connectivity index (χ3v) is 6.16. The second kappa shape index (κ2) is 9.82. The molecule has 2 aliphatic rings. The molecule has 1 atom stereocenters. The van der Waals surface area contributed by atoms with Gasteiger partial charge in [0, 0.05) is 65.5 Å². The van der Waals surface area contributed by atoms with Gasteiger partial charge in [-0.3, -0.25) is 24.6 Å². The molecule has 0 aromatic heterocycles. The molecule has 1 unspecified atom stereocenters. The van der Waals surface area contributed by atoms with E-state index in [0.29, 0.717) is 30.6 Å². The quantitative estimate of drug-likeness (QED) is 0.468. The Morgan fingerprint density at radius 1 is 1.03 bits per heavy atom. The van der Waals surface area contributed by atoms with E-state index in [1.54, 1.807) is 24.3 Å². The van der Waals surface area contributed by atoms with Crippen LogP contribution in [0.2, 0.25) is 0 Å². The molecule has 4 rings (SSSR count). The highest BCUT2D eigenvalue weighted by atomic mass is 16.2. The lowest BCUT2D eigenvalue weighted by Gasteiger charge is -2.36. The van der Waals surface area contributed by atoms with Gasteiger partial charge in [0.15, 0.2) is 0 Å². The smallest absolute Gasteiger partial charge is 0.251 e. The SMILES string of the molecule is Nc1ccc(C(=O)NCCN2CCN(c3ccc(C4CCC(=O)NC4=O)cc3)CC2)cc1.[HH].[HH]. The first-order valence-electron chi connectivity index (χ1n) is 11.0. The van der Waals surface area contributed by atoms with Gasteiger partial charge in [0.25, 0.3) is 5.91 Å². The van der Waals surface area contributed by atoms with Crippen LogP contribution in [0.15, 0.2) is 48.5 Å². The summed E-state index contributed by atoms with van der Waals surface area (Å²) >= 11 is 0. The van der Waals surface area contributed by atoms with Gasteiger partial charge in [0.2, 0.25) is 11.8 Å². The minimum atomic E-state index is -0.248. The van der Waals surface area contributed by atoms with E-state index in [0.717, 1.165) is 44.0 Å². The molecule has 2 aromatic rings. The number of nitrogen functional groups attached to an aromatic ring is 1. The zero-order valence-electron chi connectivity index (χ0n) is 18.0. The van der Waals surface area contributed by atoms with Crippen LogP contribution >= 0.6 is 0 Å². The predicted octanol–water partition coefficient (Wildman–Crippen LogP) is 1.83. The Labute approximate surface area is 190 Å². The predicted molar refractivity (Wildman–Crippen MR) is 128 cm³/mol. The molecule has 2 heterocycles. The number of piperidine rings is 1. The Morgan fingerprint density at radius 2 is 1.72 bits per heavy atom. The summed E-state index contributed by atoms with van der Waals surface area (Å²) in [6, 6.07) is 15.0. The number of nitrogens with two attached hydrogens (primary N) is 1. The van der Waals surface area contributed by atoms with Gasteiger partial charge in [-0.15, -0.1) is 0 Å². The average Bonchev–Trinajstić information content (AvgIpc) is 2.80. The molecule has 0 aliphatic carbocycles. The van der Waals surface area contributed by atoms with Crippen molar-refractivity contribution in [3.05, 3.63) is 59.7 Å². The minimum Gasteiger partial charge on any atom is -0.399 e. The number of amides is 3. The van der Waals surface area contributed by atoms with Crippen molar-refractivity contribution in [1.29, 1.82) is 0 Å². The number of hydrogen-bond donors (Lipinski definition) is 3. The second-order valence-corrected chi connectivity index (χ2v) is 8.30. The minimum absolute atomic E-state index is 0. The van der Waals surface area contributed by atoms with Crippen molar-refractivity contribution >= 4 is 29.1 Å². The lowest BCUT2D eigenvalue weighted by molar-refractivity contribution is -0.134. The molecule has 172 valence electrons. The molecule has 3 amide bonds. The van der Waals surface area contributed by atoms with Crippen LogP contribution in [0.1, 0.15) is 37.5 Å². The maximum absolute atomic E-state index is 12.2. The highest BCUT2D eigenvalue weighted by Gasteiger charge is 2.28. The molecule has 8 heteroatoms. The molecule has 2 aromatic carbocycles. The zero-order chi connectivity index (χ0) is 22.5. The average molecular weight is 440 g/mol. The number of piperazine rings is 1. The van der Waals surface area contributed by atoms with Crippen LogP contribution in [-0.4, -0.2) is 61.9 Å². The van der Waals surface area contributed by atoms with Crippen molar-refractivity contribution in [2.24, 2.45) is 0 Å². The standard InChI is InChI=1S/C24H29N5O3.2H2/c25-19-5-1-18(2-6-19)23(31)26-11-12-28-13-15-29(16-14-28)20-7-3-17(4-8-20)21-9-10-22(30)27-24(21)32;;/h1-8,21H,9-16,25H2,(H,26,31)(H,27,30,32);2*1H. The van der Waals surface area contributed by atoms with E-state index < -0.39 is 0 Å². The van der Waals surface area contributed by atoms with Crippen molar-refractivity contribution < 1.29 is 17.2 Å². The molecule has 2 aliphatic heterocycles. The van der Waals surface area contributed by atoms with E-state index in [9.17, 15) is 14.4 Å². The summed E-state index contributed by atoms with van der Waals surface area (Å²) in [6.45, 7) is 5.07. The van der Waals surface area contributed by atoms with E-state index in [1.807, 2.05) is 12.1 Å². The van der Waals surface area contributed by atoms with E-state index >= 15 is 0 Å². The van der Waals surface area contributed by atoms with Crippen molar-refractivity contribution in [2.45, 2.75) is 18.8 Å². The molecule has 32 heavy (non-hydrogen) atoms.